The van der Waals surface area contributed by atoms with E-state index in [2.05, 4.69) is 10.2 Å². The highest BCUT2D eigenvalue weighted by molar-refractivity contribution is 5.89. The highest BCUT2D eigenvalue weighted by Gasteiger charge is 2.45. The van der Waals surface area contributed by atoms with Crippen LogP contribution < -0.4 is 10.9 Å². The number of pyridine rings is 2. The molecular formula is C31H36N4O7. The Hall–Kier alpha value is -3.96. The molecule has 3 aromatic rings. The van der Waals surface area contributed by atoms with E-state index in [1.807, 2.05) is 26.8 Å². The summed E-state index contributed by atoms with van der Waals surface area (Å²) in [7, 11) is 0. The molecule has 11 heteroatoms. The molecule has 2 aromatic heterocycles. The van der Waals surface area contributed by atoms with Crippen molar-refractivity contribution in [2.24, 2.45) is 0 Å². The first kappa shape index (κ1) is 28.2. The van der Waals surface area contributed by atoms with Gasteiger partial charge in [0.15, 0.2) is 5.60 Å². The van der Waals surface area contributed by atoms with Crippen molar-refractivity contribution in [3.63, 3.8) is 0 Å². The number of carbonyl (C=O) groups is 2. The molecule has 1 aromatic carbocycles. The van der Waals surface area contributed by atoms with Crippen LogP contribution in [0.15, 0.2) is 29.1 Å². The quantitative estimate of drug-likeness (QED) is 0.312. The molecule has 6 rings (SSSR count). The molecule has 3 N–H and O–H groups in total. The molecule has 222 valence electrons. The number of phenols is 1. The molecule has 3 aliphatic heterocycles. The van der Waals surface area contributed by atoms with E-state index < -0.39 is 23.3 Å². The number of aliphatic hydroxyl groups is 1. The summed E-state index contributed by atoms with van der Waals surface area (Å²) in [6, 6.07) is 7.08. The molecule has 0 spiro atoms. The summed E-state index contributed by atoms with van der Waals surface area (Å²) in [6.07, 6.45) is 1.19. The molecule has 0 unspecified atom stereocenters. The summed E-state index contributed by atoms with van der Waals surface area (Å²) in [5.74, 6) is -0.582. The van der Waals surface area contributed by atoms with E-state index in [1.165, 1.54) is 0 Å². The number of carbonyl (C=O) groups excluding carboxylic acids is 2. The third kappa shape index (κ3) is 4.80. The second-order valence-corrected chi connectivity index (χ2v) is 12.4. The van der Waals surface area contributed by atoms with Crippen molar-refractivity contribution < 1.29 is 29.3 Å². The van der Waals surface area contributed by atoms with Gasteiger partial charge in [-0.25, -0.2) is 14.6 Å². The molecule has 0 radical (unpaired) electrons. The van der Waals surface area contributed by atoms with E-state index in [9.17, 15) is 24.6 Å². The Balaban J connectivity index is 1.27. The highest BCUT2D eigenvalue weighted by Crippen LogP contribution is 2.40. The minimum Gasteiger partial charge on any atom is -0.508 e. The van der Waals surface area contributed by atoms with Gasteiger partial charge in [-0.05, 0) is 64.3 Å². The zero-order valence-corrected chi connectivity index (χ0v) is 24.3. The fourth-order valence-corrected chi connectivity index (χ4v) is 6.20. The van der Waals surface area contributed by atoms with Crippen LogP contribution in [0.3, 0.4) is 0 Å². The lowest BCUT2D eigenvalue weighted by molar-refractivity contribution is -0.172. The molecular weight excluding hydrogens is 540 g/mol. The number of rotatable bonds is 4. The number of nitrogens with zero attached hydrogens (tertiary/aromatic N) is 3. The van der Waals surface area contributed by atoms with Gasteiger partial charge in [0.2, 0.25) is 0 Å². The number of amides is 1. The first-order valence-electron chi connectivity index (χ1n) is 14.4. The summed E-state index contributed by atoms with van der Waals surface area (Å²) in [5.41, 5.74) is 1.23. The van der Waals surface area contributed by atoms with Crippen LogP contribution in [0, 0.1) is 0 Å². The first-order valence-corrected chi connectivity index (χ1v) is 14.4. The van der Waals surface area contributed by atoms with Gasteiger partial charge in [-0.1, -0.05) is 6.92 Å². The second kappa shape index (κ2) is 10.1. The van der Waals surface area contributed by atoms with Gasteiger partial charge >= 0.3 is 12.1 Å². The van der Waals surface area contributed by atoms with Gasteiger partial charge in [0.05, 0.1) is 29.0 Å². The van der Waals surface area contributed by atoms with Crippen LogP contribution in [0.1, 0.15) is 69.2 Å². The van der Waals surface area contributed by atoms with Crippen molar-refractivity contribution in [1.82, 2.24) is 19.8 Å². The molecule has 0 bridgehead atoms. The average molecular weight is 577 g/mol. The third-order valence-corrected chi connectivity index (χ3v) is 8.47. The van der Waals surface area contributed by atoms with Gasteiger partial charge in [-0.2, -0.15) is 0 Å². The lowest BCUT2D eigenvalue weighted by atomic mass is 9.86. The number of aromatic hydroxyl groups is 1. The molecule has 1 fully saturated rings. The van der Waals surface area contributed by atoms with Crippen LogP contribution in [0.25, 0.3) is 22.3 Å². The monoisotopic (exact) mass is 576 g/mol. The first-order chi connectivity index (χ1) is 19.9. The maximum Gasteiger partial charge on any atom is 0.407 e. The van der Waals surface area contributed by atoms with Gasteiger partial charge in [-0.15, -0.1) is 0 Å². The standard InChI is InChI=1S/C31H36N4O7/c1-5-31(40)22-13-24-26-17(14-35(24)27(37)21(22)16-41-28(31)38)12-19-20(25(36)7-6-23(19)33-26)15-34-10-8-18(9-11-34)32-29(39)42-30(2,3)4/h6-7,12-13,18,36,40H,5,8-11,14-16H2,1-4H3,(H,32,39)/t31-/m0/s1. The number of phenolic OH excluding ortho intramolecular Hbond substituents is 1. The smallest absolute Gasteiger partial charge is 0.407 e. The summed E-state index contributed by atoms with van der Waals surface area (Å²) in [4.78, 5) is 45.2. The minimum atomic E-state index is -1.88. The van der Waals surface area contributed by atoms with Crippen LogP contribution in [-0.2, 0) is 39.6 Å². The van der Waals surface area contributed by atoms with Crippen molar-refractivity contribution in [3.8, 4) is 17.1 Å². The van der Waals surface area contributed by atoms with E-state index >= 15 is 0 Å². The van der Waals surface area contributed by atoms with Crippen LogP contribution in [-0.4, -0.2) is 61.5 Å². The molecule has 1 amide bonds. The molecule has 42 heavy (non-hydrogen) atoms. The zero-order valence-electron chi connectivity index (χ0n) is 24.3. The van der Waals surface area contributed by atoms with E-state index in [0.717, 1.165) is 42.4 Å². The summed E-state index contributed by atoms with van der Waals surface area (Å²) in [6.45, 7) is 9.28. The molecule has 11 nitrogen and oxygen atoms in total. The number of hydrogen-bond donors (Lipinski definition) is 3. The van der Waals surface area contributed by atoms with Gasteiger partial charge in [0.1, 0.15) is 18.0 Å². The Morgan fingerprint density at radius 1 is 1.21 bits per heavy atom. The normalized spacial score (nSPS) is 20.5. The van der Waals surface area contributed by atoms with Gasteiger partial charge < -0.3 is 29.6 Å². The van der Waals surface area contributed by atoms with Crippen LogP contribution >= 0.6 is 0 Å². The molecule has 0 aliphatic carbocycles. The zero-order chi connectivity index (χ0) is 30.0. The maximum atomic E-state index is 13.5. The minimum absolute atomic E-state index is 0.0239. The molecule has 5 heterocycles. The number of likely N-dealkylation sites (tertiary alicyclic amines) is 1. The van der Waals surface area contributed by atoms with Gasteiger partial charge in [0.25, 0.3) is 5.56 Å². The van der Waals surface area contributed by atoms with Crippen LogP contribution in [0.5, 0.6) is 5.75 Å². The number of benzene rings is 1. The number of cyclic esters (lactones) is 1. The highest BCUT2D eigenvalue weighted by atomic mass is 16.6. The van der Waals surface area contributed by atoms with Crippen molar-refractivity contribution in [3.05, 3.63) is 56.9 Å². The fraction of sp³-hybridized carbons (Fsp3) is 0.484. The lowest BCUT2D eigenvalue weighted by Crippen LogP contribution is -2.45. The number of aromatic nitrogens is 2. The number of piperidine rings is 1. The van der Waals surface area contributed by atoms with Crippen molar-refractivity contribution in [2.45, 2.75) is 83.9 Å². The van der Waals surface area contributed by atoms with Crippen molar-refractivity contribution in [1.29, 1.82) is 0 Å². The van der Waals surface area contributed by atoms with Gasteiger partial charge in [0, 0.05) is 47.8 Å². The van der Waals surface area contributed by atoms with Crippen molar-refractivity contribution in [2.75, 3.05) is 13.1 Å². The summed E-state index contributed by atoms with van der Waals surface area (Å²) < 4.78 is 12.1. The number of nitrogens with one attached hydrogen (secondary N) is 1. The van der Waals surface area contributed by atoms with E-state index in [1.54, 1.807) is 29.7 Å². The predicted molar refractivity (Wildman–Crippen MR) is 154 cm³/mol. The average Bonchev–Trinajstić information content (AvgIpc) is 3.29. The predicted octanol–water partition coefficient (Wildman–Crippen LogP) is 3.27. The lowest BCUT2D eigenvalue weighted by Gasteiger charge is -2.33. The van der Waals surface area contributed by atoms with Crippen LogP contribution in [0.4, 0.5) is 4.79 Å². The van der Waals surface area contributed by atoms with E-state index in [0.29, 0.717) is 23.4 Å². The molecule has 1 atom stereocenters. The van der Waals surface area contributed by atoms with E-state index in [-0.39, 0.29) is 48.0 Å². The van der Waals surface area contributed by atoms with Crippen LogP contribution in [0.2, 0.25) is 0 Å². The second-order valence-electron chi connectivity index (χ2n) is 12.4. The number of ether oxygens (including phenoxy) is 2. The molecule has 0 saturated carbocycles. The molecule has 3 aliphatic rings. The van der Waals surface area contributed by atoms with E-state index in [4.69, 9.17) is 14.5 Å². The van der Waals surface area contributed by atoms with Gasteiger partial charge in [-0.3, -0.25) is 9.69 Å². The fourth-order valence-electron chi connectivity index (χ4n) is 6.20. The Morgan fingerprint density at radius 2 is 1.95 bits per heavy atom. The Kier molecular flexibility index (Phi) is 6.77. The number of fused-ring (bicyclic) bond motifs is 5. The number of hydrogen-bond acceptors (Lipinski definition) is 9. The molecule has 1 saturated heterocycles. The SMILES string of the molecule is CC[C@@]1(O)C(=O)OCc2c1cc1n(c2=O)Cc2cc3c(CN4CCC(NC(=O)OC(C)(C)C)CC4)c(O)ccc3nc2-1. The Bertz CT molecular complexity index is 1670. The largest absolute Gasteiger partial charge is 0.508 e. The third-order valence-electron chi connectivity index (χ3n) is 8.47. The number of esters is 1. The Morgan fingerprint density at radius 3 is 2.64 bits per heavy atom. The summed E-state index contributed by atoms with van der Waals surface area (Å²) in [5, 5.41) is 25.7. The van der Waals surface area contributed by atoms with Crippen molar-refractivity contribution >= 4 is 23.0 Å². The topological polar surface area (TPSA) is 143 Å². The number of alkyl carbamates (subject to hydrolysis) is 1. The summed E-state index contributed by atoms with van der Waals surface area (Å²) >= 11 is 0. The Labute approximate surface area is 243 Å². The maximum absolute atomic E-state index is 13.5.